The van der Waals surface area contributed by atoms with Crippen molar-refractivity contribution in [2.75, 3.05) is 13.2 Å². The smallest absolute Gasteiger partial charge is 0.161 e. The van der Waals surface area contributed by atoms with E-state index in [1.807, 2.05) is 12.1 Å². The van der Waals surface area contributed by atoms with Crippen LogP contribution in [0.15, 0.2) is 18.2 Å². The Hall–Kier alpha value is -1.26. The van der Waals surface area contributed by atoms with Crippen LogP contribution < -0.4 is 14.8 Å². The molecule has 0 amide bonds. The highest BCUT2D eigenvalue weighted by Crippen LogP contribution is 2.30. The van der Waals surface area contributed by atoms with E-state index in [0.29, 0.717) is 19.3 Å². The first-order valence-electron chi connectivity index (χ1n) is 7.11. The number of nitrogens with one attached hydrogen (secondary N) is 1. The maximum absolute atomic E-state index is 9.66. The number of rotatable bonds is 3. The largest absolute Gasteiger partial charge is 0.486 e. The summed E-state index contributed by atoms with van der Waals surface area (Å²) in [5.41, 5.74) is 1.20. The molecule has 0 spiro atoms. The van der Waals surface area contributed by atoms with Gasteiger partial charge in [0, 0.05) is 12.6 Å². The van der Waals surface area contributed by atoms with Gasteiger partial charge in [0.1, 0.15) is 13.2 Å². The fourth-order valence-corrected chi connectivity index (χ4v) is 2.81. The second kappa shape index (κ2) is 5.80. The molecule has 3 rings (SSSR count). The number of aliphatic hydroxyl groups is 1. The Kier molecular flexibility index (Phi) is 3.89. The minimum Gasteiger partial charge on any atom is -0.486 e. The van der Waals surface area contributed by atoms with E-state index >= 15 is 0 Å². The van der Waals surface area contributed by atoms with Crippen LogP contribution in [-0.4, -0.2) is 30.5 Å². The van der Waals surface area contributed by atoms with Crippen molar-refractivity contribution >= 4 is 0 Å². The number of ether oxygens (including phenoxy) is 2. The molecule has 2 aliphatic rings. The molecule has 1 heterocycles. The first kappa shape index (κ1) is 12.8. The molecule has 0 aromatic heterocycles. The second-order valence-corrected chi connectivity index (χ2v) is 5.38. The van der Waals surface area contributed by atoms with Gasteiger partial charge in [-0.3, -0.25) is 0 Å². The third-order valence-electron chi connectivity index (χ3n) is 3.85. The molecule has 2 unspecified atom stereocenters. The van der Waals surface area contributed by atoms with Crippen LogP contribution in [0.2, 0.25) is 0 Å². The summed E-state index contributed by atoms with van der Waals surface area (Å²) in [6.07, 6.45) is 3.94. The van der Waals surface area contributed by atoms with Gasteiger partial charge in [-0.1, -0.05) is 6.07 Å². The second-order valence-electron chi connectivity index (χ2n) is 5.38. The monoisotopic (exact) mass is 263 g/mol. The summed E-state index contributed by atoms with van der Waals surface area (Å²) in [4.78, 5) is 0. The minimum absolute atomic E-state index is 0.133. The summed E-state index contributed by atoms with van der Waals surface area (Å²) in [7, 11) is 0. The van der Waals surface area contributed by atoms with Gasteiger partial charge in [-0.25, -0.2) is 0 Å². The predicted octanol–water partition coefficient (Wildman–Crippen LogP) is 1.85. The van der Waals surface area contributed by atoms with Gasteiger partial charge < -0.3 is 19.9 Å². The summed E-state index contributed by atoms with van der Waals surface area (Å²) in [6.45, 7) is 2.07. The number of hydrogen-bond acceptors (Lipinski definition) is 4. The van der Waals surface area contributed by atoms with Crippen LogP contribution in [0, 0.1) is 0 Å². The molecule has 2 atom stereocenters. The lowest BCUT2D eigenvalue weighted by atomic mass is 9.93. The zero-order valence-corrected chi connectivity index (χ0v) is 11.1. The molecule has 1 aromatic rings. The highest BCUT2D eigenvalue weighted by atomic mass is 16.6. The van der Waals surface area contributed by atoms with Gasteiger partial charge in [0.25, 0.3) is 0 Å². The van der Waals surface area contributed by atoms with Gasteiger partial charge >= 0.3 is 0 Å². The minimum atomic E-state index is -0.133. The third-order valence-corrected chi connectivity index (χ3v) is 3.85. The number of hydrogen-bond donors (Lipinski definition) is 2. The zero-order valence-electron chi connectivity index (χ0n) is 11.1. The van der Waals surface area contributed by atoms with E-state index in [4.69, 9.17) is 9.47 Å². The molecule has 1 aliphatic carbocycles. The van der Waals surface area contributed by atoms with Crippen molar-refractivity contribution in [2.24, 2.45) is 0 Å². The lowest BCUT2D eigenvalue weighted by molar-refractivity contribution is 0.111. The molecule has 1 aromatic carbocycles. The molecule has 1 aliphatic heterocycles. The Balaban J connectivity index is 1.57. The van der Waals surface area contributed by atoms with Gasteiger partial charge in [-0.05, 0) is 43.4 Å². The number of aliphatic hydroxyl groups excluding tert-OH is 1. The number of benzene rings is 1. The lowest BCUT2D eigenvalue weighted by Crippen LogP contribution is -2.35. The van der Waals surface area contributed by atoms with Crippen molar-refractivity contribution in [3.05, 3.63) is 23.8 Å². The molecule has 1 fully saturated rings. The molecule has 0 radical (unpaired) electrons. The first-order valence-corrected chi connectivity index (χ1v) is 7.11. The Morgan fingerprint density at radius 1 is 1.16 bits per heavy atom. The average molecular weight is 263 g/mol. The van der Waals surface area contributed by atoms with Crippen molar-refractivity contribution in [3.63, 3.8) is 0 Å². The molecule has 2 N–H and O–H groups in total. The van der Waals surface area contributed by atoms with E-state index in [1.165, 1.54) is 5.56 Å². The first-order chi connectivity index (χ1) is 9.31. The van der Waals surface area contributed by atoms with Gasteiger partial charge in [0.2, 0.25) is 0 Å². The van der Waals surface area contributed by atoms with Crippen LogP contribution in [0.4, 0.5) is 0 Å². The van der Waals surface area contributed by atoms with Gasteiger partial charge in [0.15, 0.2) is 11.5 Å². The Morgan fingerprint density at radius 3 is 2.84 bits per heavy atom. The summed E-state index contributed by atoms with van der Waals surface area (Å²) in [6, 6.07) is 6.51. The fraction of sp³-hybridized carbons (Fsp3) is 0.600. The quantitative estimate of drug-likeness (QED) is 0.874. The average Bonchev–Trinajstić information content (AvgIpc) is 2.45. The molecule has 0 saturated heterocycles. The van der Waals surface area contributed by atoms with E-state index in [-0.39, 0.29) is 6.10 Å². The third kappa shape index (κ3) is 3.19. The predicted molar refractivity (Wildman–Crippen MR) is 72.5 cm³/mol. The molecule has 1 saturated carbocycles. The van der Waals surface area contributed by atoms with E-state index in [0.717, 1.165) is 43.7 Å². The highest BCUT2D eigenvalue weighted by Gasteiger charge is 2.19. The topological polar surface area (TPSA) is 50.7 Å². The van der Waals surface area contributed by atoms with E-state index in [9.17, 15) is 5.11 Å². The van der Waals surface area contributed by atoms with Crippen molar-refractivity contribution < 1.29 is 14.6 Å². The maximum Gasteiger partial charge on any atom is 0.161 e. The Bertz CT molecular complexity index is 435. The van der Waals surface area contributed by atoms with E-state index in [2.05, 4.69) is 11.4 Å². The molecule has 4 nitrogen and oxygen atoms in total. The van der Waals surface area contributed by atoms with Crippen LogP contribution in [-0.2, 0) is 6.54 Å². The SMILES string of the molecule is OC1CCCC(NCc2ccc3c(c2)OCCO3)C1. The molecule has 104 valence electrons. The summed E-state index contributed by atoms with van der Waals surface area (Å²) >= 11 is 0. The van der Waals surface area contributed by atoms with E-state index in [1.54, 1.807) is 0 Å². The Labute approximate surface area is 113 Å². The molecule has 4 heteroatoms. The van der Waals surface area contributed by atoms with Crippen molar-refractivity contribution in [1.82, 2.24) is 5.32 Å². The highest BCUT2D eigenvalue weighted by molar-refractivity contribution is 5.43. The Morgan fingerprint density at radius 2 is 2.00 bits per heavy atom. The lowest BCUT2D eigenvalue weighted by Gasteiger charge is -2.27. The normalized spacial score (nSPS) is 26.2. The van der Waals surface area contributed by atoms with Crippen molar-refractivity contribution in [1.29, 1.82) is 0 Å². The van der Waals surface area contributed by atoms with Crippen molar-refractivity contribution in [2.45, 2.75) is 44.4 Å². The van der Waals surface area contributed by atoms with Crippen molar-refractivity contribution in [3.8, 4) is 11.5 Å². The molecular formula is C15H21NO3. The summed E-state index contributed by atoms with van der Waals surface area (Å²) < 4.78 is 11.1. The van der Waals surface area contributed by atoms with Crippen LogP contribution in [0.3, 0.4) is 0 Å². The van der Waals surface area contributed by atoms with Crippen LogP contribution in [0.5, 0.6) is 11.5 Å². The van der Waals surface area contributed by atoms with Crippen LogP contribution in [0.25, 0.3) is 0 Å². The van der Waals surface area contributed by atoms with Crippen LogP contribution in [0.1, 0.15) is 31.2 Å². The molecule has 19 heavy (non-hydrogen) atoms. The fourth-order valence-electron chi connectivity index (χ4n) is 2.81. The van der Waals surface area contributed by atoms with Gasteiger partial charge in [0.05, 0.1) is 6.10 Å². The molecular weight excluding hydrogens is 242 g/mol. The van der Waals surface area contributed by atoms with Gasteiger partial charge in [-0.15, -0.1) is 0 Å². The number of fused-ring (bicyclic) bond motifs is 1. The van der Waals surface area contributed by atoms with Crippen LogP contribution >= 0.6 is 0 Å². The summed E-state index contributed by atoms with van der Waals surface area (Å²) in [5, 5.41) is 13.2. The zero-order chi connectivity index (χ0) is 13.1. The van der Waals surface area contributed by atoms with E-state index < -0.39 is 0 Å². The van der Waals surface area contributed by atoms with Gasteiger partial charge in [-0.2, -0.15) is 0 Å². The summed E-state index contributed by atoms with van der Waals surface area (Å²) in [5.74, 6) is 1.68. The standard InChI is InChI=1S/C15H21NO3/c17-13-3-1-2-12(9-13)16-10-11-4-5-14-15(8-11)19-7-6-18-14/h4-5,8,12-13,16-17H,1-3,6-7,9-10H2. The molecule has 0 bridgehead atoms. The maximum atomic E-state index is 9.66.